The van der Waals surface area contributed by atoms with Crippen molar-refractivity contribution in [2.75, 3.05) is 13.1 Å². The summed E-state index contributed by atoms with van der Waals surface area (Å²) in [5.74, 6) is 0.536. The van der Waals surface area contributed by atoms with Crippen LogP contribution < -0.4 is 5.32 Å². The molecule has 0 unspecified atom stereocenters. The zero-order chi connectivity index (χ0) is 14.7. The van der Waals surface area contributed by atoms with Crippen molar-refractivity contribution in [3.05, 3.63) is 34.4 Å². The maximum absolute atomic E-state index is 13.1. The maximum atomic E-state index is 13.1. The van der Waals surface area contributed by atoms with Crippen LogP contribution in [-0.2, 0) is 11.3 Å². The van der Waals surface area contributed by atoms with Gasteiger partial charge in [0, 0.05) is 10.0 Å². The molecule has 5 nitrogen and oxygen atoms in total. The van der Waals surface area contributed by atoms with Crippen molar-refractivity contribution in [1.29, 1.82) is 0 Å². The third kappa shape index (κ3) is 3.66. The fourth-order valence-corrected chi connectivity index (χ4v) is 2.77. The molecule has 1 N–H and O–H groups in total. The van der Waals surface area contributed by atoms with Crippen molar-refractivity contribution >= 4 is 15.9 Å². The maximum Gasteiger partial charge on any atom is 0.252 e. The third-order valence-electron chi connectivity index (χ3n) is 3.37. The van der Waals surface area contributed by atoms with E-state index in [4.69, 9.17) is 9.26 Å². The van der Waals surface area contributed by atoms with Crippen molar-refractivity contribution in [2.24, 2.45) is 0 Å². The molecule has 3 rings (SSSR count). The molecular weight excluding hydrogens is 341 g/mol. The minimum atomic E-state index is -0.316. The summed E-state index contributed by atoms with van der Waals surface area (Å²) in [6, 6.07) is 4.35. The lowest BCUT2D eigenvalue weighted by Gasteiger charge is -2.21. The van der Waals surface area contributed by atoms with Crippen LogP contribution in [0.5, 0.6) is 0 Å². The Morgan fingerprint density at radius 3 is 2.95 bits per heavy atom. The van der Waals surface area contributed by atoms with E-state index < -0.39 is 0 Å². The summed E-state index contributed by atoms with van der Waals surface area (Å²) in [6.07, 6.45) is 2.22. The minimum absolute atomic E-state index is 0.235. The first kappa shape index (κ1) is 14.6. The molecule has 112 valence electrons. The molecule has 1 aliphatic rings. The summed E-state index contributed by atoms with van der Waals surface area (Å²) >= 11 is 3.29. The van der Waals surface area contributed by atoms with Gasteiger partial charge in [-0.05, 0) is 60.1 Å². The molecule has 0 bridgehead atoms. The molecule has 1 fully saturated rings. The van der Waals surface area contributed by atoms with E-state index in [1.807, 2.05) is 0 Å². The summed E-state index contributed by atoms with van der Waals surface area (Å²) < 4.78 is 24.6. The Bertz CT molecular complexity index is 614. The van der Waals surface area contributed by atoms with Crippen LogP contribution in [0.4, 0.5) is 4.39 Å². The highest BCUT2D eigenvalue weighted by Gasteiger charge is 2.16. The van der Waals surface area contributed by atoms with Gasteiger partial charge < -0.3 is 14.6 Å². The van der Waals surface area contributed by atoms with Crippen LogP contribution in [0.1, 0.15) is 18.7 Å². The first-order valence-electron chi connectivity index (χ1n) is 6.83. The number of aromatic nitrogens is 2. The molecule has 2 heterocycles. The fraction of sp³-hybridized carbons (Fsp3) is 0.429. The van der Waals surface area contributed by atoms with Crippen molar-refractivity contribution in [1.82, 2.24) is 15.5 Å². The van der Waals surface area contributed by atoms with E-state index in [-0.39, 0.29) is 11.9 Å². The normalized spacial score (nSPS) is 16.3. The number of piperidine rings is 1. The van der Waals surface area contributed by atoms with Gasteiger partial charge in [-0.25, -0.2) is 4.39 Å². The number of rotatable bonds is 4. The van der Waals surface area contributed by atoms with Gasteiger partial charge in [-0.1, -0.05) is 5.16 Å². The zero-order valence-corrected chi connectivity index (χ0v) is 12.9. The zero-order valence-electron chi connectivity index (χ0n) is 11.3. The number of benzene rings is 1. The van der Waals surface area contributed by atoms with Gasteiger partial charge in [-0.15, -0.1) is 0 Å². The van der Waals surface area contributed by atoms with E-state index in [0.717, 1.165) is 25.9 Å². The Balaban J connectivity index is 1.65. The monoisotopic (exact) mass is 355 g/mol. The second-order valence-electron chi connectivity index (χ2n) is 4.90. The van der Waals surface area contributed by atoms with Gasteiger partial charge in [-0.3, -0.25) is 0 Å². The standard InChI is InChI=1S/C14H15BrFN3O2/c15-12-7-9(16)1-2-11(12)14-18-13(21-19-14)8-20-10-3-5-17-6-4-10/h1-2,7,10,17H,3-6,8H2. The highest BCUT2D eigenvalue weighted by molar-refractivity contribution is 9.10. The molecule has 0 radical (unpaired) electrons. The predicted molar refractivity (Wildman–Crippen MR) is 78.1 cm³/mol. The SMILES string of the molecule is Fc1ccc(-c2noc(COC3CCNCC3)n2)c(Br)c1. The molecule has 0 saturated carbocycles. The Hall–Kier alpha value is -1.31. The van der Waals surface area contributed by atoms with Gasteiger partial charge >= 0.3 is 0 Å². The van der Waals surface area contributed by atoms with Crippen LogP contribution in [0.25, 0.3) is 11.4 Å². The van der Waals surface area contributed by atoms with Crippen LogP contribution in [0.15, 0.2) is 27.2 Å². The molecule has 0 spiro atoms. The highest BCUT2D eigenvalue weighted by atomic mass is 79.9. The molecule has 21 heavy (non-hydrogen) atoms. The first-order valence-corrected chi connectivity index (χ1v) is 7.62. The smallest absolute Gasteiger partial charge is 0.252 e. The lowest BCUT2D eigenvalue weighted by Crippen LogP contribution is -2.32. The number of hydrogen-bond donors (Lipinski definition) is 1. The van der Waals surface area contributed by atoms with Gasteiger partial charge in [0.15, 0.2) is 0 Å². The average Bonchev–Trinajstić information content (AvgIpc) is 2.95. The second kappa shape index (κ2) is 6.64. The fourth-order valence-electron chi connectivity index (χ4n) is 2.24. The van der Waals surface area contributed by atoms with Crippen molar-refractivity contribution in [2.45, 2.75) is 25.6 Å². The van der Waals surface area contributed by atoms with E-state index in [9.17, 15) is 4.39 Å². The summed E-state index contributed by atoms with van der Waals surface area (Å²) in [6.45, 7) is 2.25. The number of hydrogen-bond acceptors (Lipinski definition) is 5. The Morgan fingerprint density at radius 1 is 1.38 bits per heavy atom. The number of nitrogens with one attached hydrogen (secondary N) is 1. The lowest BCUT2D eigenvalue weighted by atomic mass is 10.1. The van der Waals surface area contributed by atoms with Crippen molar-refractivity contribution in [3.8, 4) is 11.4 Å². The molecular formula is C14H15BrFN3O2. The molecule has 1 saturated heterocycles. The second-order valence-corrected chi connectivity index (χ2v) is 5.75. The van der Waals surface area contributed by atoms with Crippen LogP contribution in [0.2, 0.25) is 0 Å². The summed E-state index contributed by atoms with van der Waals surface area (Å²) in [5.41, 5.74) is 0.688. The minimum Gasteiger partial charge on any atom is -0.368 e. The average molecular weight is 356 g/mol. The quantitative estimate of drug-likeness (QED) is 0.913. The molecule has 0 aliphatic carbocycles. The van der Waals surface area contributed by atoms with E-state index in [1.54, 1.807) is 6.07 Å². The molecule has 1 aromatic carbocycles. The predicted octanol–water partition coefficient (Wildman–Crippen LogP) is 2.91. The van der Waals surface area contributed by atoms with Gasteiger partial charge in [0.05, 0.1) is 6.10 Å². The van der Waals surface area contributed by atoms with Gasteiger partial charge in [0.1, 0.15) is 12.4 Å². The molecule has 1 aliphatic heterocycles. The third-order valence-corrected chi connectivity index (χ3v) is 4.02. The molecule has 1 aromatic heterocycles. The number of nitrogens with zero attached hydrogens (tertiary/aromatic N) is 2. The van der Waals surface area contributed by atoms with E-state index >= 15 is 0 Å². The van der Waals surface area contributed by atoms with Crippen LogP contribution in [0, 0.1) is 5.82 Å². The Labute approximate surface area is 130 Å². The highest BCUT2D eigenvalue weighted by Crippen LogP contribution is 2.26. The number of ether oxygens (including phenoxy) is 1. The van der Waals surface area contributed by atoms with Gasteiger partial charge in [0.25, 0.3) is 5.89 Å². The van der Waals surface area contributed by atoms with Gasteiger partial charge in [0.2, 0.25) is 5.82 Å². The van der Waals surface area contributed by atoms with Crippen molar-refractivity contribution < 1.29 is 13.7 Å². The Kier molecular flexibility index (Phi) is 4.62. The van der Waals surface area contributed by atoms with Crippen LogP contribution in [0.3, 0.4) is 0 Å². The van der Waals surface area contributed by atoms with E-state index in [1.165, 1.54) is 12.1 Å². The van der Waals surface area contributed by atoms with E-state index in [0.29, 0.717) is 28.4 Å². The largest absolute Gasteiger partial charge is 0.368 e. The summed E-state index contributed by atoms with van der Waals surface area (Å²) in [4.78, 5) is 4.28. The van der Waals surface area contributed by atoms with Gasteiger partial charge in [-0.2, -0.15) is 4.98 Å². The van der Waals surface area contributed by atoms with Crippen LogP contribution in [-0.4, -0.2) is 29.3 Å². The summed E-state index contributed by atoms with van der Waals surface area (Å²) in [5, 5.41) is 7.19. The lowest BCUT2D eigenvalue weighted by molar-refractivity contribution is 0.00859. The number of halogens is 2. The molecule has 0 atom stereocenters. The first-order chi connectivity index (χ1) is 10.2. The topological polar surface area (TPSA) is 60.2 Å². The molecule has 7 heteroatoms. The van der Waals surface area contributed by atoms with E-state index in [2.05, 4.69) is 31.4 Å². The molecule has 0 amide bonds. The molecule has 2 aromatic rings. The van der Waals surface area contributed by atoms with Crippen LogP contribution >= 0.6 is 15.9 Å². The summed E-state index contributed by atoms with van der Waals surface area (Å²) in [7, 11) is 0. The Morgan fingerprint density at radius 2 is 2.19 bits per heavy atom. The van der Waals surface area contributed by atoms with Crippen molar-refractivity contribution in [3.63, 3.8) is 0 Å².